The summed E-state index contributed by atoms with van der Waals surface area (Å²) in [6.45, 7) is 0.308. The predicted octanol–water partition coefficient (Wildman–Crippen LogP) is 3.13. The molecule has 0 unspecified atom stereocenters. The smallest absolute Gasteiger partial charge is 0.267 e. The predicted molar refractivity (Wildman–Crippen MR) is 109 cm³/mol. The van der Waals surface area contributed by atoms with E-state index in [0.29, 0.717) is 18.1 Å². The van der Waals surface area contributed by atoms with Crippen molar-refractivity contribution in [1.82, 2.24) is 19.7 Å². The number of ether oxygens (including phenoxy) is 1. The zero-order valence-electron chi connectivity index (χ0n) is 15.7. The van der Waals surface area contributed by atoms with Crippen molar-refractivity contribution < 1.29 is 9.84 Å². The van der Waals surface area contributed by atoms with Gasteiger partial charge in [-0.25, -0.2) is 14.6 Å². The summed E-state index contributed by atoms with van der Waals surface area (Å²) < 4.78 is 6.69. The van der Waals surface area contributed by atoms with E-state index in [1.54, 1.807) is 13.2 Å². The molecule has 0 aliphatic heterocycles. The summed E-state index contributed by atoms with van der Waals surface area (Å²) in [4.78, 5) is 20.6. The third kappa shape index (κ3) is 4.14. The lowest BCUT2D eigenvalue weighted by Crippen LogP contribution is -2.22. The van der Waals surface area contributed by atoms with Gasteiger partial charge in [0.25, 0.3) is 5.56 Å². The number of aromatic hydroxyl groups is 1. The van der Waals surface area contributed by atoms with Gasteiger partial charge in [0.2, 0.25) is 0 Å². The molecule has 0 atom stereocenters. The first-order valence-electron chi connectivity index (χ1n) is 8.95. The highest BCUT2D eigenvalue weighted by Crippen LogP contribution is 2.22. The maximum absolute atomic E-state index is 12.3. The first-order valence-corrected chi connectivity index (χ1v) is 8.95. The van der Waals surface area contributed by atoms with Crippen LogP contribution >= 0.6 is 0 Å². The first-order chi connectivity index (χ1) is 14.1. The molecule has 29 heavy (non-hydrogen) atoms. The lowest BCUT2D eigenvalue weighted by molar-refractivity contribution is 0.415. The summed E-state index contributed by atoms with van der Waals surface area (Å²) >= 11 is 0. The molecule has 0 spiro atoms. The SMILES string of the molecule is COc1cccc(-c2ccc(=O)n(Cc3cccc(-c4ncc(O)cn4)c3)n2)c1. The second-order valence-electron chi connectivity index (χ2n) is 6.41. The lowest BCUT2D eigenvalue weighted by Gasteiger charge is -2.09. The van der Waals surface area contributed by atoms with Crippen LogP contribution in [0.25, 0.3) is 22.6 Å². The van der Waals surface area contributed by atoms with Crippen LogP contribution in [-0.2, 0) is 6.54 Å². The molecule has 0 bridgehead atoms. The third-order valence-corrected chi connectivity index (χ3v) is 4.39. The van der Waals surface area contributed by atoms with Crippen molar-refractivity contribution in [2.24, 2.45) is 0 Å². The van der Waals surface area contributed by atoms with Crippen LogP contribution < -0.4 is 10.3 Å². The van der Waals surface area contributed by atoms with Gasteiger partial charge in [-0.2, -0.15) is 5.10 Å². The molecule has 0 amide bonds. The fourth-order valence-corrected chi connectivity index (χ4v) is 2.95. The highest BCUT2D eigenvalue weighted by molar-refractivity contribution is 5.60. The second-order valence-corrected chi connectivity index (χ2v) is 6.41. The monoisotopic (exact) mass is 386 g/mol. The highest BCUT2D eigenvalue weighted by Gasteiger charge is 2.07. The van der Waals surface area contributed by atoms with Crippen LogP contribution in [0, 0.1) is 0 Å². The minimum Gasteiger partial charge on any atom is -0.505 e. The minimum absolute atomic E-state index is 0.00927. The van der Waals surface area contributed by atoms with Gasteiger partial charge in [0, 0.05) is 17.2 Å². The summed E-state index contributed by atoms with van der Waals surface area (Å²) in [7, 11) is 1.61. The Bertz CT molecular complexity index is 1200. The zero-order valence-corrected chi connectivity index (χ0v) is 15.7. The number of hydrogen-bond donors (Lipinski definition) is 1. The standard InChI is InChI=1S/C22H18N4O3/c1-29-19-7-3-5-16(11-19)20-8-9-21(28)26(25-20)14-15-4-2-6-17(10-15)22-23-12-18(27)13-24-22/h2-13,27H,14H2,1H3. The van der Waals surface area contributed by atoms with Crippen LogP contribution in [0.15, 0.2) is 77.9 Å². The Balaban J connectivity index is 1.65. The molecule has 0 saturated heterocycles. The van der Waals surface area contributed by atoms with Crippen molar-refractivity contribution in [2.45, 2.75) is 6.54 Å². The van der Waals surface area contributed by atoms with Crippen molar-refractivity contribution in [3.8, 4) is 34.1 Å². The van der Waals surface area contributed by atoms with E-state index in [2.05, 4.69) is 15.1 Å². The van der Waals surface area contributed by atoms with E-state index in [1.807, 2.05) is 48.5 Å². The van der Waals surface area contributed by atoms with Crippen LogP contribution in [-0.4, -0.2) is 32.0 Å². The Morgan fingerprint density at radius 1 is 0.966 bits per heavy atom. The molecule has 0 aliphatic carbocycles. The number of rotatable bonds is 5. The minimum atomic E-state index is -0.192. The Morgan fingerprint density at radius 3 is 2.52 bits per heavy atom. The average molecular weight is 386 g/mol. The number of benzene rings is 2. The number of hydrogen-bond acceptors (Lipinski definition) is 6. The van der Waals surface area contributed by atoms with Crippen LogP contribution in [0.2, 0.25) is 0 Å². The molecule has 0 aliphatic rings. The normalized spacial score (nSPS) is 10.7. The largest absolute Gasteiger partial charge is 0.505 e. The topological polar surface area (TPSA) is 90.1 Å². The molecule has 0 radical (unpaired) electrons. The molecule has 2 aromatic heterocycles. The van der Waals surface area contributed by atoms with Crippen LogP contribution in [0.5, 0.6) is 11.5 Å². The van der Waals surface area contributed by atoms with Gasteiger partial charge >= 0.3 is 0 Å². The maximum atomic E-state index is 12.3. The van der Waals surface area contributed by atoms with Gasteiger partial charge in [0.1, 0.15) is 5.75 Å². The van der Waals surface area contributed by atoms with E-state index in [-0.39, 0.29) is 11.3 Å². The molecule has 4 aromatic rings. The molecular weight excluding hydrogens is 368 g/mol. The molecule has 7 nitrogen and oxygen atoms in total. The summed E-state index contributed by atoms with van der Waals surface area (Å²) in [5, 5.41) is 13.9. The molecule has 2 heterocycles. The number of nitrogens with zero attached hydrogens (tertiary/aromatic N) is 4. The van der Waals surface area contributed by atoms with E-state index in [9.17, 15) is 9.90 Å². The Labute approximate surface area is 166 Å². The van der Waals surface area contributed by atoms with Gasteiger partial charge < -0.3 is 9.84 Å². The average Bonchev–Trinajstić information content (AvgIpc) is 2.76. The number of aromatic nitrogens is 4. The highest BCUT2D eigenvalue weighted by atomic mass is 16.5. The maximum Gasteiger partial charge on any atom is 0.267 e. The second kappa shape index (κ2) is 7.93. The van der Waals surface area contributed by atoms with Crippen molar-refractivity contribution in [3.05, 3.63) is 89.0 Å². The van der Waals surface area contributed by atoms with Crippen molar-refractivity contribution >= 4 is 0 Å². The van der Waals surface area contributed by atoms with Crippen molar-refractivity contribution in [2.75, 3.05) is 7.11 Å². The number of methoxy groups -OCH3 is 1. The summed E-state index contributed by atoms with van der Waals surface area (Å²) in [6, 6.07) is 18.3. The van der Waals surface area contributed by atoms with Crippen molar-refractivity contribution in [1.29, 1.82) is 0 Å². The van der Waals surface area contributed by atoms with E-state index >= 15 is 0 Å². The van der Waals surface area contributed by atoms with E-state index in [0.717, 1.165) is 22.4 Å². The molecule has 144 valence electrons. The fourth-order valence-electron chi connectivity index (χ4n) is 2.95. The van der Waals surface area contributed by atoms with Gasteiger partial charge in [-0.05, 0) is 29.8 Å². The summed E-state index contributed by atoms with van der Waals surface area (Å²) in [5.41, 5.74) is 3.03. The molecule has 0 saturated carbocycles. The molecule has 0 fully saturated rings. The molecule has 2 aromatic carbocycles. The van der Waals surface area contributed by atoms with Crippen molar-refractivity contribution in [3.63, 3.8) is 0 Å². The first kappa shape index (κ1) is 18.4. The Hall–Kier alpha value is -4.00. The quantitative estimate of drug-likeness (QED) is 0.567. The Kier molecular flexibility index (Phi) is 5.03. The van der Waals surface area contributed by atoms with Crippen LogP contribution in [0.4, 0.5) is 0 Å². The Morgan fingerprint density at radius 2 is 1.72 bits per heavy atom. The van der Waals surface area contributed by atoms with Gasteiger partial charge in [0.15, 0.2) is 11.6 Å². The fraction of sp³-hybridized carbons (Fsp3) is 0.0909. The van der Waals surface area contributed by atoms with E-state index in [4.69, 9.17) is 4.74 Å². The van der Waals surface area contributed by atoms with Gasteiger partial charge in [-0.1, -0.05) is 30.3 Å². The molecule has 7 heteroatoms. The zero-order chi connectivity index (χ0) is 20.2. The van der Waals surface area contributed by atoms with E-state index in [1.165, 1.54) is 23.1 Å². The molecule has 1 N–H and O–H groups in total. The lowest BCUT2D eigenvalue weighted by atomic mass is 10.1. The van der Waals surface area contributed by atoms with Crippen LogP contribution in [0.3, 0.4) is 0 Å². The molecular formula is C22H18N4O3. The molecule has 4 rings (SSSR count). The van der Waals surface area contributed by atoms with Crippen LogP contribution in [0.1, 0.15) is 5.56 Å². The van der Waals surface area contributed by atoms with Gasteiger partial charge in [-0.15, -0.1) is 0 Å². The van der Waals surface area contributed by atoms with E-state index < -0.39 is 0 Å². The summed E-state index contributed by atoms with van der Waals surface area (Å²) in [5.74, 6) is 1.23. The third-order valence-electron chi connectivity index (χ3n) is 4.39. The van der Waals surface area contributed by atoms with Gasteiger partial charge in [-0.3, -0.25) is 4.79 Å². The van der Waals surface area contributed by atoms with Gasteiger partial charge in [0.05, 0.1) is 31.7 Å². The summed E-state index contributed by atoms with van der Waals surface area (Å²) in [6.07, 6.45) is 2.69.